The van der Waals surface area contributed by atoms with Crippen molar-refractivity contribution < 1.29 is 29.6 Å². The molecule has 0 aromatic rings. The zero-order valence-electron chi connectivity index (χ0n) is 8.24. The summed E-state index contributed by atoms with van der Waals surface area (Å²) in [6, 6.07) is -0.856. The average Bonchev–Trinajstić information content (AvgIpc) is 2.25. The summed E-state index contributed by atoms with van der Waals surface area (Å²) in [5.74, 6) is 0. The van der Waals surface area contributed by atoms with Gasteiger partial charge in [-0.05, 0) is 0 Å². The SMILES string of the molecule is CO[C@H]1O[C@H](CO)[C@@H](O)[C@H](O)[C@@H]1NC=O. The van der Waals surface area contributed by atoms with Gasteiger partial charge in [0.15, 0.2) is 6.29 Å². The number of aliphatic hydroxyl groups excluding tert-OH is 3. The molecule has 7 nitrogen and oxygen atoms in total. The van der Waals surface area contributed by atoms with E-state index in [2.05, 4.69) is 5.32 Å². The van der Waals surface area contributed by atoms with Crippen LogP contribution in [0, 0.1) is 0 Å². The number of methoxy groups -OCH3 is 1. The number of carbonyl (C=O) groups is 1. The van der Waals surface area contributed by atoms with Gasteiger partial charge in [0.1, 0.15) is 24.4 Å². The van der Waals surface area contributed by atoms with Gasteiger partial charge in [-0.15, -0.1) is 0 Å². The lowest BCUT2D eigenvalue weighted by Crippen LogP contribution is -2.63. The molecule has 0 unspecified atom stereocenters. The Labute approximate surface area is 86.6 Å². The molecule has 4 N–H and O–H groups in total. The van der Waals surface area contributed by atoms with E-state index in [1.807, 2.05) is 0 Å². The Morgan fingerprint density at radius 3 is 2.60 bits per heavy atom. The van der Waals surface area contributed by atoms with Crippen molar-refractivity contribution in [2.45, 2.75) is 30.6 Å². The van der Waals surface area contributed by atoms with Crippen molar-refractivity contribution in [2.75, 3.05) is 13.7 Å². The van der Waals surface area contributed by atoms with Gasteiger partial charge in [0.2, 0.25) is 6.41 Å². The van der Waals surface area contributed by atoms with E-state index in [4.69, 9.17) is 14.6 Å². The number of nitrogens with one attached hydrogen (secondary N) is 1. The lowest BCUT2D eigenvalue weighted by atomic mass is 9.97. The van der Waals surface area contributed by atoms with Crippen molar-refractivity contribution in [2.24, 2.45) is 0 Å². The monoisotopic (exact) mass is 221 g/mol. The second-order valence-corrected chi connectivity index (χ2v) is 3.25. The molecule has 1 aliphatic rings. The maximum Gasteiger partial charge on any atom is 0.207 e. The van der Waals surface area contributed by atoms with Crippen LogP contribution in [0.25, 0.3) is 0 Å². The molecule has 0 aromatic carbocycles. The number of hydrogen-bond donors (Lipinski definition) is 4. The van der Waals surface area contributed by atoms with Crippen molar-refractivity contribution in [3.8, 4) is 0 Å². The average molecular weight is 221 g/mol. The molecule has 7 heteroatoms. The van der Waals surface area contributed by atoms with Crippen molar-refractivity contribution in [3.63, 3.8) is 0 Å². The lowest BCUT2D eigenvalue weighted by molar-refractivity contribution is -0.262. The molecule has 1 saturated heterocycles. The van der Waals surface area contributed by atoms with Crippen molar-refractivity contribution in [1.29, 1.82) is 0 Å². The minimum absolute atomic E-state index is 0.384. The Kier molecular flexibility index (Phi) is 4.43. The second-order valence-electron chi connectivity index (χ2n) is 3.25. The van der Waals surface area contributed by atoms with Crippen LogP contribution in [0.3, 0.4) is 0 Å². The molecule has 0 aromatic heterocycles. The number of aliphatic hydroxyl groups is 3. The van der Waals surface area contributed by atoms with E-state index < -0.39 is 37.3 Å². The maximum absolute atomic E-state index is 10.3. The standard InChI is InChI=1S/C8H15NO6/c1-14-8-5(9-3-11)7(13)6(12)4(2-10)15-8/h3-8,10,12-13H,2H2,1H3,(H,9,11)/t4-,5+,6-,7-,8+/m1/s1. The first-order chi connectivity index (χ1) is 7.15. The van der Waals surface area contributed by atoms with Crippen LogP contribution in [0.5, 0.6) is 0 Å². The third kappa shape index (κ3) is 2.44. The molecule has 88 valence electrons. The minimum atomic E-state index is -1.26. The van der Waals surface area contributed by atoms with E-state index in [9.17, 15) is 15.0 Å². The van der Waals surface area contributed by atoms with Crippen LogP contribution in [-0.2, 0) is 14.3 Å². The molecular formula is C8H15NO6. The van der Waals surface area contributed by atoms with Crippen molar-refractivity contribution in [1.82, 2.24) is 5.32 Å². The van der Waals surface area contributed by atoms with E-state index in [0.717, 1.165) is 0 Å². The fraction of sp³-hybridized carbons (Fsp3) is 0.875. The third-order valence-electron chi connectivity index (χ3n) is 2.37. The summed E-state index contributed by atoms with van der Waals surface area (Å²) in [6.45, 7) is -0.439. The van der Waals surface area contributed by atoms with E-state index in [-0.39, 0.29) is 0 Å². The van der Waals surface area contributed by atoms with Crippen molar-refractivity contribution in [3.05, 3.63) is 0 Å². The Balaban J connectivity index is 2.74. The Morgan fingerprint density at radius 1 is 1.47 bits per heavy atom. The van der Waals surface area contributed by atoms with Gasteiger partial charge in [0, 0.05) is 7.11 Å². The van der Waals surface area contributed by atoms with E-state index in [1.54, 1.807) is 0 Å². The highest BCUT2D eigenvalue weighted by molar-refractivity contribution is 5.47. The highest BCUT2D eigenvalue weighted by atomic mass is 16.7. The quantitative estimate of drug-likeness (QED) is 0.381. The molecule has 1 aliphatic heterocycles. The molecule has 0 saturated carbocycles. The normalized spacial score (nSPS) is 41.2. The molecule has 1 heterocycles. The van der Waals surface area contributed by atoms with Gasteiger partial charge >= 0.3 is 0 Å². The third-order valence-corrected chi connectivity index (χ3v) is 2.37. The predicted molar refractivity (Wildman–Crippen MR) is 47.8 cm³/mol. The summed E-state index contributed by atoms with van der Waals surface area (Å²) in [4.78, 5) is 10.3. The summed E-state index contributed by atoms with van der Waals surface area (Å²) in [5.41, 5.74) is 0. The first kappa shape index (κ1) is 12.3. The van der Waals surface area contributed by atoms with Gasteiger partial charge in [0.05, 0.1) is 6.61 Å². The molecule has 1 fully saturated rings. The molecule has 5 atom stereocenters. The molecule has 1 rings (SSSR count). The number of amides is 1. The molecule has 0 radical (unpaired) electrons. The molecule has 1 amide bonds. The Morgan fingerprint density at radius 2 is 2.13 bits per heavy atom. The van der Waals surface area contributed by atoms with Crippen LogP contribution < -0.4 is 5.32 Å². The van der Waals surface area contributed by atoms with Gasteiger partial charge < -0.3 is 30.1 Å². The van der Waals surface area contributed by atoms with Crippen LogP contribution >= 0.6 is 0 Å². The first-order valence-corrected chi connectivity index (χ1v) is 4.50. The number of hydrogen-bond acceptors (Lipinski definition) is 6. The van der Waals surface area contributed by atoms with Gasteiger partial charge in [-0.2, -0.15) is 0 Å². The fourth-order valence-corrected chi connectivity index (χ4v) is 1.54. The zero-order chi connectivity index (χ0) is 11.4. The van der Waals surface area contributed by atoms with Crippen LogP contribution in [0.4, 0.5) is 0 Å². The van der Waals surface area contributed by atoms with E-state index in [0.29, 0.717) is 6.41 Å². The van der Waals surface area contributed by atoms with Crippen LogP contribution in [0.1, 0.15) is 0 Å². The lowest BCUT2D eigenvalue weighted by Gasteiger charge is -2.41. The van der Waals surface area contributed by atoms with Crippen LogP contribution in [-0.4, -0.2) is 66.1 Å². The maximum atomic E-state index is 10.3. The fourth-order valence-electron chi connectivity index (χ4n) is 1.54. The van der Waals surface area contributed by atoms with Gasteiger partial charge in [-0.1, -0.05) is 0 Å². The highest BCUT2D eigenvalue weighted by Crippen LogP contribution is 2.21. The summed E-state index contributed by atoms with van der Waals surface area (Å²) in [6.07, 6.45) is -3.94. The summed E-state index contributed by atoms with van der Waals surface area (Å²) in [5, 5.41) is 30.3. The Hall–Kier alpha value is -0.730. The number of carbonyl (C=O) groups excluding carboxylic acids is 1. The second kappa shape index (κ2) is 5.38. The van der Waals surface area contributed by atoms with E-state index in [1.165, 1.54) is 7.11 Å². The summed E-state index contributed by atoms with van der Waals surface area (Å²) in [7, 11) is 1.34. The zero-order valence-corrected chi connectivity index (χ0v) is 8.24. The topological polar surface area (TPSA) is 108 Å². The molecule has 0 spiro atoms. The predicted octanol–water partition coefficient (Wildman–Crippen LogP) is -2.81. The first-order valence-electron chi connectivity index (χ1n) is 4.50. The largest absolute Gasteiger partial charge is 0.394 e. The summed E-state index contributed by atoms with van der Waals surface area (Å²) >= 11 is 0. The van der Waals surface area contributed by atoms with Gasteiger partial charge in [-0.25, -0.2) is 0 Å². The minimum Gasteiger partial charge on any atom is -0.394 e. The number of rotatable bonds is 4. The number of ether oxygens (including phenoxy) is 2. The van der Waals surface area contributed by atoms with Crippen LogP contribution in [0.15, 0.2) is 0 Å². The smallest absolute Gasteiger partial charge is 0.207 e. The Bertz CT molecular complexity index is 211. The van der Waals surface area contributed by atoms with Crippen molar-refractivity contribution >= 4 is 6.41 Å². The van der Waals surface area contributed by atoms with Crippen LogP contribution in [0.2, 0.25) is 0 Å². The van der Waals surface area contributed by atoms with Gasteiger partial charge in [0.25, 0.3) is 0 Å². The summed E-state index contributed by atoms with van der Waals surface area (Å²) < 4.78 is 10.0. The molecule has 0 aliphatic carbocycles. The molecular weight excluding hydrogens is 206 g/mol. The van der Waals surface area contributed by atoms with E-state index >= 15 is 0 Å². The van der Waals surface area contributed by atoms with Gasteiger partial charge in [-0.3, -0.25) is 4.79 Å². The molecule has 15 heavy (non-hydrogen) atoms. The highest BCUT2D eigenvalue weighted by Gasteiger charge is 2.44. The molecule has 0 bridgehead atoms.